The molecule has 0 bridgehead atoms. The van der Waals surface area contributed by atoms with Crippen LogP contribution < -0.4 is 10.4 Å². The van der Waals surface area contributed by atoms with Gasteiger partial charge in [0.2, 0.25) is 0 Å². The van der Waals surface area contributed by atoms with E-state index >= 15 is 0 Å². The Kier molecular flexibility index (Phi) is 14.3. The summed E-state index contributed by atoms with van der Waals surface area (Å²) < 4.78 is 7.46. The van der Waals surface area contributed by atoms with E-state index in [1.807, 2.05) is 0 Å². The average molecular weight is 983 g/mol. The van der Waals surface area contributed by atoms with Crippen molar-refractivity contribution in [2.75, 3.05) is 0 Å². The van der Waals surface area contributed by atoms with E-state index in [4.69, 9.17) is 0 Å². The van der Waals surface area contributed by atoms with E-state index in [2.05, 4.69) is 204 Å². The molecule has 3 aliphatic carbocycles. The molecule has 0 aliphatic heterocycles. The summed E-state index contributed by atoms with van der Waals surface area (Å²) in [6, 6.07) is 45.7. The van der Waals surface area contributed by atoms with Gasteiger partial charge in [0, 0.05) is 0 Å². The smallest absolute Gasteiger partial charge is 0.147 e. The Labute approximate surface area is 370 Å². The minimum Gasteiger partial charge on any atom is -0.147 e. The van der Waals surface area contributed by atoms with Crippen molar-refractivity contribution in [3.05, 3.63) is 205 Å². The number of halogens is 4. The third-order valence-electron chi connectivity index (χ3n) is 11.6. The fourth-order valence-electron chi connectivity index (χ4n) is 9.00. The molecule has 0 saturated carbocycles. The SMILES string of the molecule is CCCCC1(c2ccccc2)C(C)=CC2=c3cc(C)c(-c4ccccc4)cc3=CC2=[C]1[Zr]([C]1=CC=CC1)=[C](Cc1ccc(Br)cc1)Cc1ccc(Br)cc1.Cl.Cl. The molecule has 56 heavy (non-hydrogen) atoms. The van der Waals surface area contributed by atoms with Crippen LogP contribution in [0.3, 0.4) is 0 Å². The first-order valence-corrected chi connectivity index (χ1v) is 24.6. The minimum absolute atomic E-state index is 0. The monoisotopic (exact) mass is 978 g/mol. The van der Waals surface area contributed by atoms with Crippen molar-refractivity contribution >= 4 is 71.5 Å². The number of allylic oxidation sites excluding steroid dienone is 8. The molecule has 284 valence electrons. The predicted octanol–water partition coefficient (Wildman–Crippen LogP) is 13.4. The standard InChI is InChI=1S/C31H29.C15H12Br2.C5H5.2ClH.Zr/c1-4-5-16-31(27-14-10-7-11-15-27)21-26-19-25-20-28(24-12-8-6-9-13-24)22(2)17-29(25)30(26)18-23(31)3;16-14-8-4-12(5-9-14)2-1-3-13-6-10-15(17)11-7-13;1-2-4-5-3-1;;;/h6-15,17-20H,4-5,16H2,1-3H3;4-11H,2-3H2;1-3H,4H2;2*1H;. The van der Waals surface area contributed by atoms with Gasteiger partial charge in [-0.3, -0.25) is 0 Å². The van der Waals surface area contributed by atoms with E-state index in [0.29, 0.717) is 0 Å². The van der Waals surface area contributed by atoms with Gasteiger partial charge in [-0.2, -0.15) is 0 Å². The zero-order chi connectivity index (χ0) is 37.2. The summed E-state index contributed by atoms with van der Waals surface area (Å²) in [6.45, 7) is 7.11. The molecule has 0 amide bonds. The van der Waals surface area contributed by atoms with Crippen LogP contribution in [0.1, 0.15) is 61.8 Å². The van der Waals surface area contributed by atoms with Gasteiger partial charge >= 0.3 is 349 Å². The quantitative estimate of drug-likeness (QED) is 0.124. The van der Waals surface area contributed by atoms with Crippen molar-refractivity contribution in [1.29, 1.82) is 0 Å². The van der Waals surface area contributed by atoms with Crippen LogP contribution in [0.15, 0.2) is 172 Å². The Bertz CT molecular complexity index is 2460. The maximum atomic E-state index is 3.72. The third-order valence-corrected chi connectivity index (χ3v) is 20.7. The van der Waals surface area contributed by atoms with Crippen LogP contribution in [0.5, 0.6) is 0 Å². The molecule has 0 spiro atoms. The topological polar surface area (TPSA) is 0 Å². The Balaban J connectivity index is 0.00000266. The van der Waals surface area contributed by atoms with Gasteiger partial charge in [-0.25, -0.2) is 0 Å². The molecule has 0 N–H and O–H groups in total. The minimum atomic E-state index is -2.94. The maximum Gasteiger partial charge on any atom is -0.147 e. The fraction of sp³-hybridized carbons (Fsp3) is 0.196. The van der Waals surface area contributed by atoms with E-state index in [9.17, 15) is 0 Å². The molecule has 1 unspecified atom stereocenters. The van der Waals surface area contributed by atoms with Crippen LogP contribution in [0, 0.1) is 6.92 Å². The van der Waals surface area contributed by atoms with Crippen molar-refractivity contribution < 1.29 is 21.3 Å². The summed E-state index contributed by atoms with van der Waals surface area (Å²) in [6.07, 6.45) is 19.0. The number of hydrogen-bond donors (Lipinski definition) is 0. The molecule has 0 saturated heterocycles. The molecule has 0 aromatic heterocycles. The number of hydrogen-bond acceptors (Lipinski definition) is 0. The number of fused-ring (bicyclic) bond motifs is 2. The van der Waals surface area contributed by atoms with Crippen molar-refractivity contribution in [3.63, 3.8) is 0 Å². The largest absolute Gasteiger partial charge is 0.147 e. The van der Waals surface area contributed by atoms with Crippen molar-refractivity contribution in [2.24, 2.45) is 0 Å². The number of aryl methyl sites for hydroxylation is 1. The molecule has 5 aromatic carbocycles. The molecule has 8 rings (SSSR count). The summed E-state index contributed by atoms with van der Waals surface area (Å²) in [7, 11) is 0. The predicted molar refractivity (Wildman–Crippen MR) is 249 cm³/mol. The first kappa shape index (κ1) is 42.7. The van der Waals surface area contributed by atoms with Crippen LogP contribution in [0.4, 0.5) is 0 Å². The molecule has 1 atom stereocenters. The first-order chi connectivity index (χ1) is 26.4. The van der Waals surface area contributed by atoms with Gasteiger partial charge in [0.05, 0.1) is 0 Å². The van der Waals surface area contributed by atoms with E-state index in [1.165, 1.54) is 73.4 Å². The Morgan fingerprint density at radius 1 is 0.714 bits per heavy atom. The molecule has 0 fully saturated rings. The van der Waals surface area contributed by atoms with E-state index < -0.39 is 21.3 Å². The van der Waals surface area contributed by atoms with Crippen molar-refractivity contribution in [3.8, 4) is 11.1 Å². The van der Waals surface area contributed by atoms with Crippen LogP contribution in [-0.4, -0.2) is 3.21 Å². The summed E-state index contributed by atoms with van der Waals surface area (Å²) in [4.78, 5) is 0. The molecule has 0 nitrogen and oxygen atoms in total. The zero-order valence-electron chi connectivity index (χ0n) is 32.2. The second-order valence-corrected chi connectivity index (χ2v) is 23.3. The van der Waals surface area contributed by atoms with Gasteiger partial charge in [-0.05, 0) is 0 Å². The van der Waals surface area contributed by atoms with Gasteiger partial charge in [-0.1, -0.05) is 0 Å². The van der Waals surface area contributed by atoms with Crippen molar-refractivity contribution in [2.45, 2.75) is 64.7 Å². The molecule has 3 aliphatic rings. The number of unbranched alkanes of at least 4 members (excludes halogenated alkanes) is 1. The zero-order valence-corrected chi connectivity index (χ0v) is 39.5. The van der Waals surface area contributed by atoms with Gasteiger partial charge in [0.25, 0.3) is 0 Å². The molecule has 5 heteroatoms. The van der Waals surface area contributed by atoms with Gasteiger partial charge in [0.1, 0.15) is 0 Å². The Morgan fingerprint density at radius 2 is 1.32 bits per heavy atom. The normalized spacial score (nSPS) is 16.6. The summed E-state index contributed by atoms with van der Waals surface area (Å²) >= 11 is 4.51. The van der Waals surface area contributed by atoms with Gasteiger partial charge in [-0.15, -0.1) is 24.8 Å². The second kappa shape index (κ2) is 18.8. The molecular weight excluding hydrogens is 934 g/mol. The summed E-state index contributed by atoms with van der Waals surface area (Å²) in [5.41, 5.74) is 12.5. The first-order valence-electron chi connectivity index (χ1n) is 19.3. The van der Waals surface area contributed by atoms with E-state index in [0.717, 1.165) is 34.6 Å². The summed E-state index contributed by atoms with van der Waals surface area (Å²) in [5.74, 6) is 0. The van der Waals surface area contributed by atoms with Gasteiger partial charge in [0.15, 0.2) is 0 Å². The number of benzene rings is 5. The van der Waals surface area contributed by atoms with Crippen molar-refractivity contribution in [1.82, 2.24) is 0 Å². The van der Waals surface area contributed by atoms with Crippen LogP contribution in [-0.2, 0) is 39.5 Å². The Morgan fingerprint density at radius 3 is 1.89 bits per heavy atom. The summed E-state index contributed by atoms with van der Waals surface area (Å²) in [5, 5.41) is 2.74. The maximum absolute atomic E-state index is 3.72. The second-order valence-electron chi connectivity index (χ2n) is 15.1. The molecule has 0 heterocycles. The van der Waals surface area contributed by atoms with Crippen LogP contribution in [0.2, 0.25) is 0 Å². The molecule has 5 aromatic rings. The Hall–Kier alpha value is -2.91. The van der Waals surface area contributed by atoms with Crippen LogP contribution in [0.25, 0.3) is 22.8 Å². The third kappa shape index (κ3) is 8.46. The molecule has 0 radical (unpaired) electrons. The van der Waals surface area contributed by atoms with Gasteiger partial charge < -0.3 is 0 Å². The van der Waals surface area contributed by atoms with E-state index in [-0.39, 0.29) is 30.2 Å². The van der Waals surface area contributed by atoms with E-state index in [1.54, 1.807) is 9.77 Å². The molecular formula is C51H48Br2Cl2Zr. The van der Waals surface area contributed by atoms with Crippen LogP contribution >= 0.6 is 56.7 Å². The fourth-order valence-corrected chi connectivity index (χ4v) is 19.0. The average Bonchev–Trinajstić information content (AvgIpc) is 3.85. The number of rotatable bonds is 11.